The average Bonchev–Trinajstić information content (AvgIpc) is 2.99. The molecule has 0 saturated heterocycles. The van der Waals surface area contributed by atoms with Crippen molar-refractivity contribution < 1.29 is 4.42 Å². The second kappa shape index (κ2) is 7.93. The molecule has 1 atom stereocenters. The van der Waals surface area contributed by atoms with E-state index in [9.17, 15) is 0 Å². The number of aryl methyl sites for hydroxylation is 1. The van der Waals surface area contributed by atoms with Crippen molar-refractivity contribution in [3.8, 4) is 0 Å². The fraction of sp³-hybridized carbons (Fsp3) is 0.529. The van der Waals surface area contributed by atoms with Gasteiger partial charge in [0, 0.05) is 6.42 Å². The number of hydrogen-bond acceptors (Lipinski definition) is 4. The van der Waals surface area contributed by atoms with Crippen molar-refractivity contribution in [1.29, 1.82) is 0 Å². The molecule has 4 nitrogen and oxygen atoms in total. The van der Waals surface area contributed by atoms with Crippen molar-refractivity contribution in [3.63, 3.8) is 0 Å². The summed E-state index contributed by atoms with van der Waals surface area (Å²) < 4.78 is 5.59. The van der Waals surface area contributed by atoms with Gasteiger partial charge in [-0.3, -0.25) is 4.90 Å². The molecule has 0 amide bonds. The third kappa shape index (κ3) is 4.67. The Balaban J connectivity index is 1.84. The van der Waals surface area contributed by atoms with Crippen molar-refractivity contribution in [1.82, 2.24) is 15.1 Å². The third-order valence-corrected chi connectivity index (χ3v) is 3.86. The molecule has 0 bridgehead atoms. The lowest BCUT2D eigenvalue weighted by Crippen LogP contribution is -2.25. The standard InChI is InChI=1S/C17H25N3O/c1-4-16-18-19-17(21-16)13-20(5-2)12-11-14(3)15-9-7-6-8-10-15/h6-10,14H,4-5,11-13H2,1-3H3/t14-/m0/s1. The lowest BCUT2D eigenvalue weighted by molar-refractivity contribution is 0.240. The van der Waals surface area contributed by atoms with Crippen LogP contribution in [0.25, 0.3) is 0 Å². The van der Waals surface area contributed by atoms with E-state index in [-0.39, 0.29) is 0 Å². The van der Waals surface area contributed by atoms with Gasteiger partial charge in [-0.05, 0) is 31.0 Å². The van der Waals surface area contributed by atoms with Crippen molar-refractivity contribution in [2.75, 3.05) is 13.1 Å². The largest absolute Gasteiger partial charge is 0.424 e. The molecule has 1 aromatic heterocycles. The highest BCUT2D eigenvalue weighted by Crippen LogP contribution is 2.19. The van der Waals surface area contributed by atoms with Crippen LogP contribution in [0.1, 0.15) is 50.5 Å². The Hall–Kier alpha value is -1.68. The zero-order valence-corrected chi connectivity index (χ0v) is 13.2. The Labute approximate surface area is 127 Å². The van der Waals surface area contributed by atoms with Gasteiger partial charge in [0.05, 0.1) is 6.54 Å². The Morgan fingerprint density at radius 3 is 2.43 bits per heavy atom. The van der Waals surface area contributed by atoms with Gasteiger partial charge in [0.2, 0.25) is 11.8 Å². The van der Waals surface area contributed by atoms with Crippen LogP contribution in [0.5, 0.6) is 0 Å². The fourth-order valence-electron chi connectivity index (χ4n) is 2.36. The summed E-state index contributed by atoms with van der Waals surface area (Å²) in [7, 11) is 0. The number of aromatic nitrogens is 2. The topological polar surface area (TPSA) is 42.2 Å². The minimum atomic E-state index is 0.564. The molecule has 1 aromatic carbocycles. The molecule has 0 unspecified atom stereocenters. The molecule has 0 aliphatic carbocycles. The maximum Gasteiger partial charge on any atom is 0.230 e. The van der Waals surface area contributed by atoms with E-state index < -0.39 is 0 Å². The second-order valence-corrected chi connectivity index (χ2v) is 5.41. The quantitative estimate of drug-likeness (QED) is 0.743. The number of nitrogens with zero attached hydrogens (tertiary/aromatic N) is 3. The lowest BCUT2D eigenvalue weighted by Gasteiger charge is -2.21. The molecule has 2 rings (SSSR count). The van der Waals surface area contributed by atoms with Crippen LogP contribution in [0.3, 0.4) is 0 Å². The van der Waals surface area contributed by atoms with Gasteiger partial charge in [0.15, 0.2) is 0 Å². The molecule has 0 spiro atoms. The van der Waals surface area contributed by atoms with E-state index in [4.69, 9.17) is 4.42 Å². The maximum atomic E-state index is 5.59. The maximum absolute atomic E-state index is 5.59. The summed E-state index contributed by atoms with van der Waals surface area (Å²) in [5.41, 5.74) is 1.40. The predicted molar refractivity (Wildman–Crippen MR) is 84.1 cm³/mol. The van der Waals surface area contributed by atoms with E-state index in [1.54, 1.807) is 0 Å². The van der Waals surface area contributed by atoms with Gasteiger partial charge in [-0.15, -0.1) is 10.2 Å². The highest BCUT2D eigenvalue weighted by molar-refractivity contribution is 5.18. The van der Waals surface area contributed by atoms with Gasteiger partial charge >= 0.3 is 0 Å². The number of benzene rings is 1. The fourth-order valence-corrected chi connectivity index (χ4v) is 2.36. The molecule has 0 N–H and O–H groups in total. The van der Waals surface area contributed by atoms with Gasteiger partial charge in [0.1, 0.15) is 0 Å². The normalized spacial score (nSPS) is 12.8. The van der Waals surface area contributed by atoms with E-state index in [1.807, 2.05) is 6.92 Å². The Bertz CT molecular complexity index is 524. The van der Waals surface area contributed by atoms with Crippen molar-refractivity contribution in [2.45, 2.75) is 46.1 Å². The minimum Gasteiger partial charge on any atom is -0.424 e. The van der Waals surface area contributed by atoms with Gasteiger partial charge in [-0.1, -0.05) is 51.1 Å². The van der Waals surface area contributed by atoms with Crippen molar-refractivity contribution in [2.24, 2.45) is 0 Å². The van der Waals surface area contributed by atoms with Crippen LogP contribution in [0.15, 0.2) is 34.7 Å². The third-order valence-electron chi connectivity index (χ3n) is 3.86. The molecule has 21 heavy (non-hydrogen) atoms. The first-order valence-corrected chi connectivity index (χ1v) is 7.81. The van der Waals surface area contributed by atoms with E-state index in [0.29, 0.717) is 5.92 Å². The lowest BCUT2D eigenvalue weighted by atomic mass is 9.98. The molecule has 114 valence electrons. The summed E-state index contributed by atoms with van der Waals surface area (Å²) in [6, 6.07) is 10.7. The van der Waals surface area contributed by atoms with E-state index in [0.717, 1.165) is 44.3 Å². The van der Waals surface area contributed by atoms with Gasteiger partial charge in [-0.25, -0.2) is 0 Å². The zero-order valence-electron chi connectivity index (χ0n) is 13.2. The molecule has 0 radical (unpaired) electrons. The van der Waals surface area contributed by atoms with Crippen LogP contribution in [0, 0.1) is 0 Å². The predicted octanol–water partition coefficient (Wildman–Crippen LogP) is 3.65. The zero-order chi connectivity index (χ0) is 15.1. The van der Waals surface area contributed by atoms with E-state index in [2.05, 4.69) is 59.3 Å². The van der Waals surface area contributed by atoms with Crippen LogP contribution in [-0.4, -0.2) is 28.2 Å². The molecule has 4 heteroatoms. The number of hydrogen-bond donors (Lipinski definition) is 0. The first kappa shape index (κ1) is 15.7. The highest BCUT2D eigenvalue weighted by atomic mass is 16.4. The van der Waals surface area contributed by atoms with Gasteiger partial charge < -0.3 is 4.42 Å². The molecular weight excluding hydrogens is 262 g/mol. The van der Waals surface area contributed by atoms with Gasteiger partial charge in [-0.2, -0.15) is 0 Å². The number of rotatable bonds is 8. The summed E-state index contributed by atoms with van der Waals surface area (Å²) in [4.78, 5) is 2.35. The first-order chi connectivity index (χ1) is 10.2. The van der Waals surface area contributed by atoms with Crippen LogP contribution in [0.4, 0.5) is 0 Å². The van der Waals surface area contributed by atoms with Crippen LogP contribution in [0.2, 0.25) is 0 Å². The molecular formula is C17H25N3O. The van der Waals surface area contributed by atoms with Crippen LogP contribution < -0.4 is 0 Å². The Kier molecular flexibility index (Phi) is 5.93. The summed E-state index contributed by atoms with van der Waals surface area (Å²) in [5, 5.41) is 8.12. The first-order valence-electron chi connectivity index (χ1n) is 7.81. The molecule has 0 saturated carbocycles. The SMILES string of the molecule is CCc1nnc(CN(CC)CC[C@H](C)c2ccccc2)o1. The van der Waals surface area contributed by atoms with Gasteiger partial charge in [0.25, 0.3) is 0 Å². The Morgan fingerprint density at radius 1 is 1.10 bits per heavy atom. The second-order valence-electron chi connectivity index (χ2n) is 5.41. The monoisotopic (exact) mass is 287 g/mol. The minimum absolute atomic E-state index is 0.564. The Morgan fingerprint density at radius 2 is 1.81 bits per heavy atom. The average molecular weight is 287 g/mol. The molecule has 2 aromatic rings. The van der Waals surface area contributed by atoms with Crippen molar-refractivity contribution >= 4 is 0 Å². The summed E-state index contributed by atoms with van der Waals surface area (Å²) >= 11 is 0. The summed E-state index contributed by atoms with van der Waals surface area (Å²) in [6.07, 6.45) is 1.93. The van der Waals surface area contributed by atoms with E-state index >= 15 is 0 Å². The summed E-state index contributed by atoms with van der Waals surface area (Å²) in [5.74, 6) is 2.01. The van der Waals surface area contributed by atoms with E-state index in [1.165, 1.54) is 5.56 Å². The van der Waals surface area contributed by atoms with Crippen LogP contribution >= 0.6 is 0 Å². The highest BCUT2D eigenvalue weighted by Gasteiger charge is 2.12. The molecule has 0 fully saturated rings. The smallest absolute Gasteiger partial charge is 0.230 e. The molecule has 0 aliphatic heterocycles. The molecule has 0 aliphatic rings. The van der Waals surface area contributed by atoms with Crippen molar-refractivity contribution in [3.05, 3.63) is 47.7 Å². The molecule has 1 heterocycles. The van der Waals surface area contributed by atoms with Crippen LogP contribution in [-0.2, 0) is 13.0 Å². The summed E-state index contributed by atoms with van der Waals surface area (Å²) in [6.45, 7) is 9.25.